The first-order valence-electron chi connectivity index (χ1n) is 8.34. The van der Waals surface area contributed by atoms with Crippen LogP contribution in [-0.4, -0.2) is 39.1 Å². The molecule has 0 radical (unpaired) electrons. The van der Waals surface area contributed by atoms with Crippen LogP contribution in [0.1, 0.15) is 38.4 Å². The first kappa shape index (κ1) is 16.2. The van der Waals surface area contributed by atoms with Crippen molar-refractivity contribution in [2.24, 2.45) is 0 Å². The average molecular weight is 329 g/mol. The van der Waals surface area contributed by atoms with Crippen molar-refractivity contribution in [3.8, 4) is 0 Å². The van der Waals surface area contributed by atoms with Crippen LogP contribution in [0.2, 0.25) is 0 Å². The quantitative estimate of drug-likeness (QED) is 0.634. The highest BCUT2D eigenvalue weighted by molar-refractivity contribution is 8.00. The van der Waals surface area contributed by atoms with Crippen molar-refractivity contribution in [1.29, 1.82) is 0 Å². The molecule has 122 valence electrons. The zero-order chi connectivity index (χ0) is 16.2. The van der Waals surface area contributed by atoms with Gasteiger partial charge in [-0.3, -0.25) is 4.79 Å². The standard InChI is InChI=1S/C18H23N3OS/c1-13(18(22)21-11-7-3-4-8-12-21)23-17-15-9-5-6-10-16(15)19-14(2)20-17/h5-6,9-10,13H,3-4,7-8,11-12H2,1-2H3/t13-/m1/s1. The van der Waals surface area contributed by atoms with Crippen molar-refractivity contribution in [2.75, 3.05) is 13.1 Å². The number of benzene rings is 1. The molecule has 1 amide bonds. The number of amides is 1. The summed E-state index contributed by atoms with van der Waals surface area (Å²) in [4.78, 5) is 23.8. The van der Waals surface area contributed by atoms with E-state index in [-0.39, 0.29) is 11.2 Å². The molecule has 1 fully saturated rings. The number of para-hydroxylation sites is 1. The number of hydrogen-bond donors (Lipinski definition) is 0. The summed E-state index contributed by atoms with van der Waals surface area (Å²) in [6.07, 6.45) is 4.72. The number of aromatic nitrogens is 2. The van der Waals surface area contributed by atoms with E-state index >= 15 is 0 Å². The molecule has 3 rings (SSSR count). The molecule has 2 aromatic rings. The molecule has 5 heteroatoms. The van der Waals surface area contributed by atoms with Crippen molar-refractivity contribution in [3.05, 3.63) is 30.1 Å². The number of carbonyl (C=O) groups excluding carboxylic acids is 1. The van der Waals surface area contributed by atoms with Gasteiger partial charge in [0.05, 0.1) is 10.8 Å². The fourth-order valence-corrected chi connectivity index (χ4v) is 4.08. The minimum atomic E-state index is -0.120. The van der Waals surface area contributed by atoms with Gasteiger partial charge in [0.1, 0.15) is 10.9 Å². The summed E-state index contributed by atoms with van der Waals surface area (Å²) in [5.74, 6) is 0.984. The maximum atomic E-state index is 12.7. The highest BCUT2D eigenvalue weighted by Gasteiger charge is 2.23. The fraction of sp³-hybridized carbons (Fsp3) is 0.500. The van der Waals surface area contributed by atoms with Gasteiger partial charge in [-0.05, 0) is 32.8 Å². The molecular weight excluding hydrogens is 306 g/mol. The van der Waals surface area contributed by atoms with Crippen LogP contribution in [-0.2, 0) is 4.79 Å². The molecule has 1 aliphatic rings. The summed E-state index contributed by atoms with van der Waals surface area (Å²) in [5, 5.41) is 1.81. The number of rotatable bonds is 3. The van der Waals surface area contributed by atoms with Gasteiger partial charge in [0.25, 0.3) is 0 Å². The molecular formula is C18H23N3OS. The molecule has 1 saturated heterocycles. The molecule has 23 heavy (non-hydrogen) atoms. The van der Waals surface area contributed by atoms with E-state index in [9.17, 15) is 4.79 Å². The van der Waals surface area contributed by atoms with Crippen molar-refractivity contribution in [1.82, 2.24) is 14.9 Å². The van der Waals surface area contributed by atoms with E-state index in [1.54, 1.807) is 11.8 Å². The average Bonchev–Trinajstić information content (AvgIpc) is 2.83. The third-order valence-electron chi connectivity index (χ3n) is 4.23. The van der Waals surface area contributed by atoms with Crippen molar-refractivity contribution < 1.29 is 4.79 Å². The predicted octanol–water partition coefficient (Wildman–Crippen LogP) is 3.82. The molecule has 2 heterocycles. The molecule has 1 aliphatic heterocycles. The lowest BCUT2D eigenvalue weighted by Crippen LogP contribution is -2.37. The lowest BCUT2D eigenvalue weighted by atomic mass is 10.2. The van der Waals surface area contributed by atoms with Gasteiger partial charge in [0.2, 0.25) is 5.91 Å². The Balaban J connectivity index is 1.79. The van der Waals surface area contributed by atoms with Crippen molar-refractivity contribution in [2.45, 2.75) is 49.8 Å². The van der Waals surface area contributed by atoms with E-state index in [1.165, 1.54) is 12.8 Å². The van der Waals surface area contributed by atoms with Crippen LogP contribution < -0.4 is 0 Å². The van der Waals surface area contributed by atoms with Crippen LogP contribution in [0.15, 0.2) is 29.3 Å². The fourth-order valence-electron chi connectivity index (χ4n) is 3.01. The normalized spacial score (nSPS) is 17.0. The summed E-state index contributed by atoms with van der Waals surface area (Å²) in [6, 6.07) is 8.00. The van der Waals surface area contributed by atoms with E-state index in [0.717, 1.165) is 47.7 Å². The molecule has 1 atom stereocenters. The van der Waals surface area contributed by atoms with E-state index < -0.39 is 0 Å². The Hall–Kier alpha value is -1.62. The summed E-state index contributed by atoms with van der Waals surface area (Å²) in [7, 11) is 0. The van der Waals surface area contributed by atoms with E-state index in [4.69, 9.17) is 0 Å². The Morgan fingerprint density at radius 2 is 1.83 bits per heavy atom. The molecule has 4 nitrogen and oxygen atoms in total. The van der Waals surface area contributed by atoms with Gasteiger partial charge in [-0.1, -0.05) is 42.8 Å². The molecule has 0 N–H and O–H groups in total. The number of fused-ring (bicyclic) bond motifs is 1. The zero-order valence-corrected chi connectivity index (χ0v) is 14.6. The molecule has 0 spiro atoms. The third-order valence-corrected chi connectivity index (χ3v) is 5.32. The van der Waals surface area contributed by atoms with Gasteiger partial charge in [0, 0.05) is 18.5 Å². The van der Waals surface area contributed by atoms with E-state index in [1.807, 2.05) is 43.0 Å². The molecule has 0 bridgehead atoms. The molecule has 1 aromatic heterocycles. The van der Waals surface area contributed by atoms with Gasteiger partial charge in [-0.25, -0.2) is 9.97 Å². The number of nitrogens with zero attached hydrogens (tertiary/aromatic N) is 3. The van der Waals surface area contributed by atoms with E-state index in [0.29, 0.717) is 0 Å². The Morgan fingerprint density at radius 3 is 2.57 bits per heavy atom. The molecule has 1 aromatic carbocycles. The lowest BCUT2D eigenvalue weighted by Gasteiger charge is -2.23. The maximum absolute atomic E-state index is 12.7. The highest BCUT2D eigenvalue weighted by atomic mass is 32.2. The summed E-state index contributed by atoms with van der Waals surface area (Å²) >= 11 is 1.55. The van der Waals surface area contributed by atoms with Gasteiger partial charge >= 0.3 is 0 Å². The lowest BCUT2D eigenvalue weighted by molar-refractivity contribution is -0.130. The second kappa shape index (κ2) is 7.30. The van der Waals surface area contributed by atoms with Crippen LogP contribution in [0.25, 0.3) is 10.9 Å². The monoisotopic (exact) mass is 329 g/mol. The molecule has 0 aliphatic carbocycles. The zero-order valence-electron chi connectivity index (χ0n) is 13.8. The largest absolute Gasteiger partial charge is 0.342 e. The topological polar surface area (TPSA) is 46.1 Å². The predicted molar refractivity (Wildman–Crippen MR) is 94.6 cm³/mol. The smallest absolute Gasteiger partial charge is 0.235 e. The number of likely N-dealkylation sites (tertiary alicyclic amines) is 1. The number of hydrogen-bond acceptors (Lipinski definition) is 4. The third kappa shape index (κ3) is 3.83. The second-order valence-electron chi connectivity index (χ2n) is 6.09. The van der Waals surface area contributed by atoms with Gasteiger partial charge in [-0.2, -0.15) is 0 Å². The molecule has 0 saturated carbocycles. The van der Waals surface area contributed by atoms with Crippen LogP contribution in [0.5, 0.6) is 0 Å². The Labute approximate surface area is 141 Å². The van der Waals surface area contributed by atoms with Crippen LogP contribution in [0, 0.1) is 6.92 Å². The highest BCUT2D eigenvalue weighted by Crippen LogP contribution is 2.29. The van der Waals surface area contributed by atoms with Crippen LogP contribution in [0.4, 0.5) is 0 Å². The van der Waals surface area contributed by atoms with Gasteiger partial charge in [-0.15, -0.1) is 0 Å². The maximum Gasteiger partial charge on any atom is 0.235 e. The number of aryl methyl sites for hydroxylation is 1. The second-order valence-corrected chi connectivity index (χ2v) is 7.42. The van der Waals surface area contributed by atoms with Crippen molar-refractivity contribution in [3.63, 3.8) is 0 Å². The SMILES string of the molecule is Cc1nc(S[C@H](C)C(=O)N2CCCCCC2)c2ccccc2n1. The summed E-state index contributed by atoms with van der Waals surface area (Å²) in [5.41, 5.74) is 0.942. The van der Waals surface area contributed by atoms with Crippen LogP contribution in [0.3, 0.4) is 0 Å². The van der Waals surface area contributed by atoms with Gasteiger partial charge in [0.15, 0.2) is 0 Å². The Bertz CT molecular complexity index is 696. The first-order valence-corrected chi connectivity index (χ1v) is 9.22. The van der Waals surface area contributed by atoms with Crippen LogP contribution >= 0.6 is 11.8 Å². The molecule has 0 unspecified atom stereocenters. The number of thioether (sulfide) groups is 1. The van der Waals surface area contributed by atoms with Gasteiger partial charge < -0.3 is 4.90 Å². The minimum absolute atomic E-state index is 0.120. The first-order chi connectivity index (χ1) is 11.1. The number of carbonyl (C=O) groups is 1. The summed E-state index contributed by atoms with van der Waals surface area (Å²) < 4.78 is 0. The van der Waals surface area contributed by atoms with E-state index in [2.05, 4.69) is 9.97 Å². The Morgan fingerprint density at radius 1 is 1.13 bits per heavy atom. The van der Waals surface area contributed by atoms with Crippen molar-refractivity contribution >= 4 is 28.6 Å². The Kier molecular flexibility index (Phi) is 5.16. The minimum Gasteiger partial charge on any atom is -0.342 e. The summed E-state index contributed by atoms with van der Waals surface area (Å²) in [6.45, 7) is 5.68.